The van der Waals surface area contributed by atoms with Gasteiger partial charge in [0.05, 0.1) is 12.1 Å². The van der Waals surface area contributed by atoms with Crippen LogP contribution in [0.2, 0.25) is 0 Å². The highest BCUT2D eigenvalue weighted by molar-refractivity contribution is 7.09. The second kappa shape index (κ2) is 5.66. The average Bonchev–Trinajstić information content (AvgIpc) is 3.27. The van der Waals surface area contributed by atoms with E-state index in [1.807, 2.05) is 46.7 Å². The van der Waals surface area contributed by atoms with Crippen LogP contribution in [-0.4, -0.2) is 21.8 Å². The molecule has 1 aromatic carbocycles. The molecular weight excluding hydrogens is 308 g/mol. The van der Waals surface area contributed by atoms with E-state index in [0.717, 1.165) is 18.2 Å². The minimum absolute atomic E-state index is 0.0526. The number of nitrogens with zero attached hydrogens (tertiary/aromatic N) is 1. The van der Waals surface area contributed by atoms with Gasteiger partial charge >= 0.3 is 0 Å². The summed E-state index contributed by atoms with van der Waals surface area (Å²) in [6.45, 7) is 0.613. The van der Waals surface area contributed by atoms with Crippen molar-refractivity contribution in [3.8, 4) is 0 Å². The molecule has 23 heavy (non-hydrogen) atoms. The molecular formula is C18H16N2O2S. The molecule has 0 aliphatic heterocycles. The smallest absolute Gasteiger partial charge is 0.255 e. The lowest BCUT2D eigenvalue weighted by Crippen LogP contribution is -2.33. The normalized spacial score (nSPS) is 14.1. The first kappa shape index (κ1) is 14.2. The Kier molecular flexibility index (Phi) is 3.50. The number of para-hydroxylation sites is 1. The summed E-state index contributed by atoms with van der Waals surface area (Å²) in [7, 11) is 0. The molecule has 0 radical (unpaired) electrons. The van der Waals surface area contributed by atoms with E-state index < -0.39 is 0 Å². The third-order valence-electron chi connectivity index (χ3n) is 4.14. The lowest BCUT2D eigenvalue weighted by Gasteiger charge is -2.22. The summed E-state index contributed by atoms with van der Waals surface area (Å²) < 4.78 is 0. The first-order valence-electron chi connectivity index (χ1n) is 7.68. The summed E-state index contributed by atoms with van der Waals surface area (Å²) in [6.07, 6.45) is 2.08. The fraction of sp³-hybridized carbons (Fsp3) is 0.222. The summed E-state index contributed by atoms with van der Waals surface area (Å²) in [6, 6.07) is 13.2. The van der Waals surface area contributed by atoms with E-state index in [-0.39, 0.29) is 11.5 Å². The van der Waals surface area contributed by atoms with Crippen molar-refractivity contribution in [2.24, 2.45) is 0 Å². The predicted octanol–water partition coefficient (Wildman–Crippen LogP) is 3.39. The minimum Gasteiger partial charge on any atom is -0.330 e. The van der Waals surface area contributed by atoms with Crippen molar-refractivity contribution in [3.05, 3.63) is 68.6 Å². The van der Waals surface area contributed by atoms with Crippen molar-refractivity contribution in [2.75, 3.05) is 0 Å². The zero-order valence-electron chi connectivity index (χ0n) is 12.5. The van der Waals surface area contributed by atoms with Crippen molar-refractivity contribution in [1.29, 1.82) is 0 Å². The number of amides is 1. The number of aromatic nitrogens is 1. The fourth-order valence-electron chi connectivity index (χ4n) is 2.86. The predicted molar refractivity (Wildman–Crippen MR) is 91.8 cm³/mol. The Bertz CT molecular complexity index is 910. The molecule has 0 bridgehead atoms. The highest BCUT2D eigenvalue weighted by Gasteiger charge is 2.34. The van der Waals surface area contributed by atoms with Crippen LogP contribution in [-0.2, 0) is 6.54 Å². The number of benzene rings is 1. The molecule has 1 aliphatic rings. The van der Waals surface area contributed by atoms with Crippen molar-refractivity contribution in [2.45, 2.75) is 25.4 Å². The Morgan fingerprint density at radius 3 is 2.78 bits per heavy atom. The molecule has 1 amide bonds. The Balaban J connectivity index is 1.76. The fourth-order valence-corrected chi connectivity index (χ4v) is 3.56. The van der Waals surface area contributed by atoms with Gasteiger partial charge < -0.3 is 9.88 Å². The molecule has 0 atom stereocenters. The van der Waals surface area contributed by atoms with Gasteiger partial charge in [-0.05, 0) is 30.4 Å². The van der Waals surface area contributed by atoms with Gasteiger partial charge in [-0.3, -0.25) is 9.59 Å². The molecule has 4 nitrogen and oxygen atoms in total. The van der Waals surface area contributed by atoms with Gasteiger partial charge in [0, 0.05) is 27.9 Å². The number of fused-ring (bicyclic) bond motifs is 1. The van der Waals surface area contributed by atoms with Crippen LogP contribution in [0.1, 0.15) is 28.1 Å². The Hall–Kier alpha value is -2.40. The van der Waals surface area contributed by atoms with Crippen molar-refractivity contribution in [3.63, 3.8) is 0 Å². The summed E-state index contributed by atoms with van der Waals surface area (Å²) in [5, 5.41) is 2.82. The zero-order valence-corrected chi connectivity index (χ0v) is 13.3. The van der Waals surface area contributed by atoms with Crippen molar-refractivity contribution < 1.29 is 4.79 Å². The number of nitrogens with one attached hydrogen (secondary N) is 1. The molecule has 1 saturated carbocycles. The largest absolute Gasteiger partial charge is 0.330 e. The molecule has 0 unspecified atom stereocenters. The van der Waals surface area contributed by atoms with E-state index >= 15 is 0 Å². The van der Waals surface area contributed by atoms with E-state index in [1.54, 1.807) is 11.3 Å². The van der Waals surface area contributed by atoms with Gasteiger partial charge in [0.15, 0.2) is 0 Å². The van der Waals surface area contributed by atoms with E-state index in [0.29, 0.717) is 23.7 Å². The minimum atomic E-state index is -0.237. The van der Waals surface area contributed by atoms with Crippen LogP contribution in [0.15, 0.2) is 52.6 Å². The molecule has 1 aliphatic carbocycles. The molecule has 0 spiro atoms. The monoisotopic (exact) mass is 324 g/mol. The lowest BCUT2D eigenvalue weighted by atomic mass is 10.1. The molecule has 5 heteroatoms. The molecule has 0 saturated heterocycles. The third-order valence-corrected chi connectivity index (χ3v) is 5.00. The van der Waals surface area contributed by atoms with Crippen LogP contribution in [0.25, 0.3) is 10.9 Å². The van der Waals surface area contributed by atoms with Crippen LogP contribution in [0, 0.1) is 0 Å². The van der Waals surface area contributed by atoms with E-state index in [9.17, 15) is 9.59 Å². The molecule has 2 aromatic heterocycles. The number of aromatic amines is 1. The summed E-state index contributed by atoms with van der Waals surface area (Å²) in [5.74, 6) is -0.0526. The Morgan fingerprint density at radius 2 is 2.04 bits per heavy atom. The highest BCUT2D eigenvalue weighted by atomic mass is 32.1. The SMILES string of the molecule is O=C(c1cc(=O)[nH]c2ccccc12)N(Cc1cccs1)C1CC1. The van der Waals surface area contributed by atoms with Crippen LogP contribution in [0.3, 0.4) is 0 Å². The van der Waals surface area contributed by atoms with E-state index in [2.05, 4.69) is 4.98 Å². The maximum Gasteiger partial charge on any atom is 0.255 e. The number of H-pyrrole nitrogens is 1. The number of carbonyl (C=O) groups excluding carboxylic acids is 1. The average molecular weight is 324 g/mol. The van der Waals surface area contributed by atoms with E-state index in [1.165, 1.54) is 10.9 Å². The first-order chi connectivity index (χ1) is 11.2. The molecule has 1 N–H and O–H groups in total. The van der Waals surface area contributed by atoms with Crippen molar-refractivity contribution >= 4 is 28.1 Å². The lowest BCUT2D eigenvalue weighted by molar-refractivity contribution is 0.0733. The Labute approximate surface area is 137 Å². The quantitative estimate of drug-likeness (QED) is 0.800. The van der Waals surface area contributed by atoms with Gasteiger partial charge in [0.1, 0.15) is 0 Å². The summed E-state index contributed by atoms with van der Waals surface area (Å²) >= 11 is 1.65. The molecule has 1 fully saturated rings. The van der Waals surface area contributed by atoms with Gasteiger partial charge in [-0.1, -0.05) is 24.3 Å². The number of hydrogen-bond acceptors (Lipinski definition) is 3. The van der Waals surface area contributed by atoms with Crippen LogP contribution >= 0.6 is 11.3 Å². The van der Waals surface area contributed by atoms with Gasteiger partial charge in [-0.15, -0.1) is 11.3 Å². The Morgan fingerprint density at radius 1 is 1.22 bits per heavy atom. The van der Waals surface area contributed by atoms with Gasteiger partial charge in [0.2, 0.25) is 5.56 Å². The second-order valence-electron chi connectivity index (χ2n) is 5.84. The number of hydrogen-bond donors (Lipinski definition) is 1. The molecule has 4 rings (SSSR count). The third kappa shape index (κ3) is 2.80. The van der Waals surface area contributed by atoms with Crippen LogP contribution in [0.5, 0.6) is 0 Å². The van der Waals surface area contributed by atoms with Crippen molar-refractivity contribution in [1.82, 2.24) is 9.88 Å². The number of carbonyl (C=O) groups is 1. The maximum absolute atomic E-state index is 13.1. The standard InChI is InChI=1S/C18H16N2O2S/c21-17-10-15(14-5-1-2-6-16(14)19-17)18(22)20(12-7-8-12)11-13-4-3-9-23-13/h1-6,9-10,12H,7-8,11H2,(H,19,21). The van der Waals surface area contributed by atoms with Gasteiger partial charge in [0.25, 0.3) is 5.91 Å². The number of pyridine rings is 1. The van der Waals surface area contributed by atoms with Gasteiger partial charge in [-0.2, -0.15) is 0 Å². The molecule has 2 heterocycles. The molecule has 3 aromatic rings. The van der Waals surface area contributed by atoms with Crippen LogP contribution in [0.4, 0.5) is 0 Å². The first-order valence-corrected chi connectivity index (χ1v) is 8.56. The molecule has 116 valence electrons. The number of rotatable bonds is 4. The maximum atomic E-state index is 13.1. The summed E-state index contributed by atoms with van der Waals surface area (Å²) in [5.41, 5.74) is 0.960. The number of thiophene rings is 1. The topological polar surface area (TPSA) is 53.2 Å². The summed E-state index contributed by atoms with van der Waals surface area (Å²) in [4.78, 5) is 30.9. The zero-order chi connectivity index (χ0) is 15.8. The van der Waals surface area contributed by atoms with Gasteiger partial charge in [-0.25, -0.2) is 0 Å². The second-order valence-corrected chi connectivity index (χ2v) is 6.87. The van der Waals surface area contributed by atoms with Crippen LogP contribution < -0.4 is 5.56 Å². The highest BCUT2D eigenvalue weighted by Crippen LogP contribution is 2.31. The van der Waals surface area contributed by atoms with E-state index in [4.69, 9.17) is 0 Å².